The number of fused-ring (bicyclic) bond motifs is 3. The zero-order chi connectivity index (χ0) is 18.5. The van der Waals surface area contributed by atoms with Crippen molar-refractivity contribution in [3.05, 3.63) is 58.3 Å². The highest BCUT2D eigenvalue weighted by Crippen LogP contribution is 2.41. The molecule has 4 rings (SSSR count). The van der Waals surface area contributed by atoms with Crippen LogP contribution in [0.4, 0.5) is 0 Å². The maximum absolute atomic E-state index is 12.7. The summed E-state index contributed by atoms with van der Waals surface area (Å²) in [6.45, 7) is 3.82. The predicted octanol–water partition coefficient (Wildman–Crippen LogP) is 4.36. The summed E-state index contributed by atoms with van der Waals surface area (Å²) < 4.78 is 17.3. The fraction of sp³-hybridized carbons (Fsp3) is 0.190. The molecule has 0 amide bonds. The molecule has 132 valence electrons. The Bertz CT molecular complexity index is 1110. The Balaban J connectivity index is 2.04. The van der Waals surface area contributed by atoms with Gasteiger partial charge in [-0.2, -0.15) is 0 Å². The molecule has 0 radical (unpaired) electrons. The average Bonchev–Trinajstić information content (AvgIpc) is 2.60. The van der Waals surface area contributed by atoms with E-state index >= 15 is 0 Å². The van der Waals surface area contributed by atoms with Crippen LogP contribution in [0.3, 0.4) is 0 Å². The van der Waals surface area contributed by atoms with Gasteiger partial charge in [0, 0.05) is 12.1 Å². The molecule has 0 unspecified atom stereocenters. The number of para-hydroxylation sites is 1. The van der Waals surface area contributed by atoms with Crippen molar-refractivity contribution in [2.75, 3.05) is 7.11 Å². The summed E-state index contributed by atoms with van der Waals surface area (Å²) in [7, 11) is 1.56. The smallest absolute Gasteiger partial charge is 0.197 e. The predicted molar refractivity (Wildman–Crippen MR) is 99.9 cm³/mol. The van der Waals surface area contributed by atoms with E-state index in [1.165, 1.54) is 12.1 Å². The summed E-state index contributed by atoms with van der Waals surface area (Å²) in [4.78, 5) is 12.7. The second-order valence-corrected chi connectivity index (χ2v) is 6.73. The van der Waals surface area contributed by atoms with Crippen molar-refractivity contribution < 1.29 is 19.0 Å². The summed E-state index contributed by atoms with van der Waals surface area (Å²) in [6.07, 6.45) is 3.75. The lowest BCUT2D eigenvalue weighted by Crippen LogP contribution is -2.27. The summed E-state index contributed by atoms with van der Waals surface area (Å²) in [5.74, 6) is 1.27. The molecular formula is C21H18O5. The molecule has 0 saturated heterocycles. The number of aromatic hydroxyl groups is 1. The third-order valence-corrected chi connectivity index (χ3v) is 4.38. The van der Waals surface area contributed by atoms with Crippen LogP contribution >= 0.6 is 0 Å². The first kappa shape index (κ1) is 16.3. The Labute approximate surface area is 150 Å². The van der Waals surface area contributed by atoms with Crippen LogP contribution in [0.25, 0.3) is 28.4 Å². The second-order valence-electron chi connectivity index (χ2n) is 6.73. The lowest BCUT2D eigenvalue weighted by atomic mass is 9.99. The minimum Gasteiger partial charge on any atom is -0.507 e. The van der Waals surface area contributed by atoms with Crippen molar-refractivity contribution in [2.24, 2.45) is 0 Å². The Morgan fingerprint density at radius 1 is 1.15 bits per heavy atom. The van der Waals surface area contributed by atoms with E-state index in [1.807, 2.05) is 44.2 Å². The van der Waals surface area contributed by atoms with Gasteiger partial charge in [0.1, 0.15) is 34.0 Å². The van der Waals surface area contributed by atoms with E-state index < -0.39 is 5.60 Å². The summed E-state index contributed by atoms with van der Waals surface area (Å²) >= 11 is 0. The van der Waals surface area contributed by atoms with Gasteiger partial charge < -0.3 is 19.0 Å². The van der Waals surface area contributed by atoms with Crippen LogP contribution < -0.4 is 14.9 Å². The van der Waals surface area contributed by atoms with Gasteiger partial charge in [-0.05, 0) is 38.1 Å². The summed E-state index contributed by atoms with van der Waals surface area (Å²) in [5, 5.41) is 10.5. The molecule has 2 heterocycles. The van der Waals surface area contributed by atoms with Crippen LogP contribution in [0.2, 0.25) is 0 Å². The fourth-order valence-electron chi connectivity index (χ4n) is 3.14. The number of hydrogen-bond donors (Lipinski definition) is 1. The SMILES string of the molecule is COc1ccccc1-c1cc(=O)c2c(O)cc3c(c2o1)C=CC(C)(C)O3. The minimum atomic E-state index is -0.506. The van der Waals surface area contributed by atoms with E-state index in [4.69, 9.17) is 13.9 Å². The van der Waals surface area contributed by atoms with Gasteiger partial charge in [-0.1, -0.05) is 12.1 Å². The van der Waals surface area contributed by atoms with Gasteiger partial charge in [0.05, 0.1) is 18.2 Å². The van der Waals surface area contributed by atoms with E-state index in [1.54, 1.807) is 13.2 Å². The van der Waals surface area contributed by atoms with Crippen LogP contribution in [0.1, 0.15) is 19.4 Å². The largest absolute Gasteiger partial charge is 0.507 e. The Morgan fingerprint density at radius 2 is 1.92 bits per heavy atom. The maximum Gasteiger partial charge on any atom is 0.197 e. The maximum atomic E-state index is 12.7. The van der Waals surface area contributed by atoms with Gasteiger partial charge >= 0.3 is 0 Å². The number of phenolic OH excluding ortho intramolecular Hbond substituents is 1. The standard InChI is InChI=1S/C21H18O5/c1-21(2)9-8-13-18(26-21)11-15(23)19-14(22)10-17(25-20(13)19)12-6-4-5-7-16(12)24-3/h4-11,23H,1-3H3. The first-order chi connectivity index (χ1) is 12.4. The van der Waals surface area contributed by atoms with Crippen molar-refractivity contribution in [2.45, 2.75) is 19.4 Å². The van der Waals surface area contributed by atoms with Gasteiger partial charge in [-0.3, -0.25) is 4.79 Å². The summed E-state index contributed by atoms with van der Waals surface area (Å²) in [5.41, 5.74) is 0.747. The first-order valence-electron chi connectivity index (χ1n) is 8.25. The molecule has 1 aliphatic heterocycles. The fourth-order valence-corrected chi connectivity index (χ4v) is 3.14. The monoisotopic (exact) mass is 350 g/mol. The van der Waals surface area contributed by atoms with Crippen molar-refractivity contribution in [3.63, 3.8) is 0 Å². The average molecular weight is 350 g/mol. The zero-order valence-electron chi connectivity index (χ0n) is 14.7. The number of methoxy groups -OCH3 is 1. The van der Waals surface area contributed by atoms with Gasteiger partial charge in [0.2, 0.25) is 0 Å². The van der Waals surface area contributed by atoms with E-state index in [2.05, 4.69) is 0 Å². The van der Waals surface area contributed by atoms with Crippen molar-refractivity contribution in [3.8, 4) is 28.6 Å². The van der Waals surface area contributed by atoms with Gasteiger partial charge in [-0.15, -0.1) is 0 Å². The molecule has 0 aliphatic carbocycles. The molecule has 2 aromatic carbocycles. The number of ether oxygens (including phenoxy) is 2. The van der Waals surface area contributed by atoms with E-state index in [9.17, 15) is 9.90 Å². The molecule has 0 fully saturated rings. The van der Waals surface area contributed by atoms with E-state index in [0.717, 1.165) is 0 Å². The quantitative estimate of drug-likeness (QED) is 0.744. The zero-order valence-corrected chi connectivity index (χ0v) is 14.7. The number of benzene rings is 2. The molecule has 5 heteroatoms. The number of phenols is 1. The second kappa shape index (κ2) is 5.66. The summed E-state index contributed by atoms with van der Waals surface area (Å²) in [6, 6.07) is 10.1. The molecule has 3 aromatic rings. The molecule has 0 saturated carbocycles. The molecule has 1 aromatic heterocycles. The third-order valence-electron chi connectivity index (χ3n) is 4.38. The highest BCUT2D eigenvalue weighted by Gasteiger charge is 2.26. The molecule has 0 atom stereocenters. The Morgan fingerprint density at radius 3 is 2.69 bits per heavy atom. The van der Waals surface area contributed by atoms with Gasteiger partial charge in [0.15, 0.2) is 11.0 Å². The molecule has 26 heavy (non-hydrogen) atoms. The minimum absolute atomic E-state index is 0.135. The Kier molecular flexibility index (Phi) is 3.54. The molecule has 1 N–H and O–H groups in total. The molecule has 0 bridgehead atoms. The lowest BCUT2D eigenvalue weighted by molar-refractivity contribution is 0.158. The molecular weight excluding hydrogens is 332 g/mol. The van der Waals surface area contributed by atoms with Crippen LogP contribution in [0.5, 0.6) is 17.2 Å². The van der Waals surface area contributed by atoms with Crippen LogP contribution in [-0.2, 0) is 0 Å². The molecule has 1 aliphatic rings. The highest BCUT2D eigenvalue weighted by atomic mass is 16.5. The molecule has 0 spiro atoms. The van der Waals surface area contributed by atoms with E-state index in [0.29, 0.717) is 34.0 Å². The van der Waals surface area contributed by atoms with E-state index in [-0.39, 0.29) is 16.6 Å². The highest BCUT2D eigenvalue weighted by molar-refractivity contribution is 5.94. The van der Waals surface area contributed by atoms with Crippen LogP contribution in [-0.4, -0.2) is 17.8 Å². The first-order valence-corrected chi connectivity index (χ1v) is 8.25. The molecule has 5 nitrogen and oxygen atoms in total. The normalized spacial score (nSPS) is 14.7. The van der Waals surface area contributed by atoms with Gasteiger partial charge in [-0.25, -0.2) is 0 Å². The third kappa shape index (κ3) is 2.52. The number of hydrogen-bond acceptors (Lipinski definition) is 5. The Hall–Kier alpha value is -3.21. The van der Waals surface area contributed by atoms with Crippen LogP contribution in [0.15, 0.2) is 51.7 Å². The number of rotatable bonds is 2. The van der Waals surface area contributed by atoms with Crippen molar-refractivity contribution in [1.29, 1.82) is 0 Å². The van der Waals surface area contributed by atoms with Crippen LogP contribution in [0, 0.1) is 0 Å². The van der Waals surface area contributed by atoms with Gasteiger partial charge in [0.25, 0.3) is 0 Å². The topological polar surface area (TPSA) is 68.9 Å². The lowest BCUT2D eigenvalue weighted by Gasteiger charge is -2.28. The van der Waals surface area contributed by atoms with Crippen molar-refractivity contribution >= 4 is 17.0 Å². The van der Waals surface area contributed by atoms with Crippen molar-refractivity contribution in [1.82, 2.24) is 0 Å².